The van der Waals surface area contributed by atoms with E-state index in [9.17, 15) is 4.79 Å². The molecule has 84 valence electrons. The number of rotatable bonds is 3. The van der Waals surface area contributed by atoms with Crippen LogP contribution in [-0.2, 0) is 9.53 Å². The monoisotopic (exact) mass is 208 g/mol. The lowest BCUT2D eigenvalue weighted by molar-refractivity contribution is -0.193. The molecule has 0 unspecified atom stereocenters. The van der Waals surface area contributed by atoms with Crippen LogP contribution in [0.1, 0.15) is 39.0 Å². The molecule has 15 heavy (non-hydrogen) atoms. The van der Waals surface area contributed by atoms with Gasteiger partial charge in [-0.1, -0.05) is 0 Å². The van der Waals surface area contributed by atoms with Crippen LogP contribution in [0, 0.1) is 23.7 Å². The van der Waals surface area contributed by atoms with E-state index in [1.807, 2.05) is 6.92 Å². The molecule has 0 spiro atoms. The minimum absolute atomic E-state index is 0.387. The predicted octanol–water partition coefficient (Wildman–Crippen LogP) is 2.42. The molecule has 2 heteroatoms. The molecule has 0 N–H and O–H groups in total. The van der Waals surface area contributed by atoms with Crippen molar-refractivity contribution in [3.8, 4) is 0 Å². The number of carbonyl (C=O) groups excluding carboxylic acids is 1. The zero-order valence-electron chi connectivity index (χ0n) is 9.45. The number of ether oxygens (including phenoxy) is 1. The lowest BCUT2D eigenvalue weighted by Gasteiger charge is -2.58. The molecule has 0 heterocycles. The Labute approximate surface area is 91.4 Å². The summed E-state index contributed by atoms with van der Waals surface area (Å²) in [4.78, 5) is 11.5. The molecule has 4 bridgehead atoms. The Balaban J connectivity index is 1.92. The van der Waals surface area contributed by atoms with E-state index in [0.717, 1.165) is 18.1 Å². The van der Waals surface area contributed by atoms with E-state index in [4.69, 9.17) is 4.74 Å². The summed E-state index contributed by atoms with van der Waals surface area (Å²) < 4.78 is 5.89. The van der Waals surface area contributed by atoms with Crippen molar-refractivity contribution < 1.29 is 9.53 Å². The van der Waals surface area contributed by atoms with Crippen LogP contribution in [-0.4, -0.2) is 18.5 Å². The third kappa shape index (κ3) is 1.24. The van der Waals surface area contributed by atoms with Crippen LogP contribution in [0.3, 0.4) is 0 Å². The Morgan fingerprint density at radius 3 is 2.07 bits per heavy atom. The van der Waals surface area contributed by atoms with Gasteiger partial charge in [0.05, 0.1) is 0 Å². The van der Waals surface area contributed by atoms with Gasteiger partial charge < -0.3 is 9.53 Å². The van der Waals surface area contributed by atoms with Gasteiger partial charge in [-0.15, -0.1) is 0 Å². The summed E-state index contributed by atoms with van der Waals surface area (Å²) in [5, 5.41) is 0. The van der Waals surface area contributed by atoms with Crippen molar-refractivity contribution in [2.24, 2.45) is 23.7 Å². The first kappa shape index (κ1) is 9.83. The summed E-state index contributed by atoms with van der Waals surface area (Å²) in [7, 11) is 0. The fourth-order valence-corrected chi connectivity index (χ4v) is 4.63. The van der Waals surface area contributed by atoms with E-state index < -0.39 is 0 Å². The Morgan fingerprint density at radius 2 is 1.67 bits per heavy atom. The molecule has 0 aromatic carbocycles. The van der Waals surface area contributed by atoms with Gasteiger partial charge in [-0.25, -0.2) is 0 Å². The van der Waals surface area contributed by atoms with E-state index >= 15 is 0 Å². The molecular weight excluding hydrogens is 188 g/mol. The molecule has 4 aliphatic carbocycles. The largest absolute Gasteiger partial charge is 0.367 e. The number of hydrogen-bond donors (Lipinski definition) is 0. The van der Waals surface area contributed by atoms with E-state index in [0.29, 0.717) is 18.4 Å². The first-order valence-electron chi connectivity index (χ1n) is 6.38. The Bertz CT molecular complexity index is 244. The predicted molar refractivity (Wildman–Crippen MR) is 57.5 cm³/mol. The molecule has 0 aromatic heterocycles. The molecular formula is C13H20O2. The fourth-order valence-electron chi connectivity index (χ4n) is 4.63. The lowest BCUT2D eigenvalue weighted by Crippen LogP contribution is -2.60. The van der Waals surface area contributed by atoms with E-state index in [-0.39, 0.29) is 5.60 Å². The standard InChI is InChI=1S/C13H20O2/c1-2-15-13(8-14)11-4-9-3-10(6-11)7-12(13)5-9/h8-12H,2-7H2,1H3. The van der Waals surface area contributed by atoms with Gasteiger partial charge in [0.25, 0.3) is 0 Å². The summed E-state index contributed by atoms with van der Waals surface area (Å²) in [6.45, 7) is 2.69. The van der Waals surface area contributed by atoms with Gasteiger partial charge >= 0.3 is 0 Å². The zero-order valence-corrected chi connectivity index (χ0v) is 9.45. The fraction of sp³-hybridized carbons (Fsp3) is 0.923. The van der Waals surface area contributed by atoms with Crippen molar-refractivity contribution in [3.05, 3.63) is 0 Å². The van der Waals surface area contributed by atoms with Crippen LogP contribution in [0.5, 0.6) is 0 Å². The number of carbonyl (C=O) groups is 1. The summed E-state index contributed by atoms with van der Waals surface area (Å²) in [5.74, 6) is 2.87. The molecule has 0 atom stereocenters. The van der Waals surface area contributed by atoms with Crippen molar-refractivity contribution in [3.63, 3.8) is 0 Å². The third-order valence-corrected chi connectivity index (χ3v) is 4.99. The van der Waals surface area contributed by atoms with Gasteiger partial charge in [0.2, 0.25) is 0 Å². The second-order valence-electron chi connectivity index (χ2n) is 5.71. The zero-order chi connectivity index (χ0) is 10.5. The first-order chi connectivity index (χ1) is 7.28. The van der Waals surface area contributed by atoms with Crippen LogP contribution in [0.4, 0.5) is 0 Å². The maximum atomic E-state index is 11.5. The van der Waals surface area contributed by atoms with Crippen molar-refractivity contribution in [1.82, 2.24) is 0 Å². The van der Waals surface area contributed by atoms with Crippen molar-refractivity contribution in [2.45, 2.75) is 44.6 Å². The molecule has 0 amide bonds. The topological polar surface area (TPSA) is 26.3 Å². The molecule has 0 aromatic rings. The molecule has 4 saturated carbocycles. The molecule has 0 aliphatic heterocycles. The molecule has 0 saturated heterocycles. The van der Waals surface area contributed by atoms with Crippen LogP contribution in [0.2, 0.25) is 0 Å². The van der Waals surface area contributed by atoms with Gasteiger partial charge in [0, 0.05) is 6.61 Å². The van der Waals surface area contributed by atoms with Gasteiger partial charge in [-0.2, -0.15) is 0 Å². The molecule has 4 aliphatic rings. The normalized spacial score (nSPS) is 52.1. The van der Waals surface area contributed by atoms with E-state index in [1.54, 1.807) is 0 Å². The van der Waals surface area contributed by atoms with Gasteiger partial charge in [-0.05, 0) is 62.7 Å². The van der Waals surface area contributed by atoms with Crippen LogP contribution in [0.15, 0.2) is 0 Å². The molecule has 4 rings (SSSR count). The van der Waals surface area contributed by atoms with Crippen molar-refractivity contribution >= 4 is 6.29 Å². The highest BCUT2D eigenvalue weighted by molar-refractivity contribution is 5.65. The number of aldehydes is 1. The average Bonchev–Trinajstić information content (AvgIpc) is 2.23. The van der Waals surface area contributed by atoms with Crippen molar-refractivity contribution in [2.75, 3.05) is 6.61 Å². The highest BCUT2D eigenvalue weighted by atomic mass is 16.5. The maximum Gasteiger partial charge on any atom is 0.152 e. The van der Waals surface area contributed by atoms with Gasteiger partial charge in [-0.3, -0.25) is 0 Å². The first-order valence-corrected chi connectivity index (χ1v) is 6.38. The maximum absolute atomic E-state index is 11.5. The van der Waals surface area contributed by atoms with Crippen LogP contribution >= 0.6 is 0 Å². The minimum Gasteiger partial charge on any atom is -0.367 e. The van der Waals surface area contributed by atoms with Crippen LogP contribution in [0.25, 0.3) is 0 Å². The second kappa shape index (κ2) is 3.31. The van der Waals surface area contributed by atoms with E-state index in [2.05, 4.69) is 0 Å². The van der Waals surface area contributed by atoms with Crippen LogP contribution < -0.4 is 0 Å². The number of hydrogen-bond acceptors (Lipinski definition) is 2. The minimum atomic E-state index is -0.387. The lowest BCUT2D eigenvalue weighted by atomic mass is 9.50. The van der Waals surface area contributed by atoms with Gasteiger partial charge in [0.1, 0.15) is 5.60 Å². The van der Waals surface area contributed by atoms with Gasteiger partial charge in [0.15, 0.2) is 6.29 Å². The Kier molecular flexibility index (Phi) is 2.17. The summed E-state index contributed by atoms with van der Waals surface area (Å²) in [6.07, 6.45) is 7.53. The molecule has 2 nitrogen and oxygen atoms in total. The average molecular weight is 208 g/mol. The SMILES string of the molecule is CCOC1(C=O)C2CC3CC(C2)CC1C3. The Hall–Kier alpha value is -0.370. The molecule has 4 fully saturated rings. The summed E-state index contributed by atoms with van der Waals surface area (Å²) in [6, 6.07) is 0. The quantitative estimate of drug-likeness (QED) is 0.666. The third-order valence-electron chi connectivity index (χ3n) is 4.99. The summed E-state index contributed by atoms with van der Waals surface area (Å²) in [5.41, 5.74) is -0.387. The second-order valence-corrected chi connectivity index (χ2v) is 5.71. The summed E-state index contributed by atoms with van der Waals surface area (Å²) >= 11 is 0. The van der Waals surface area contributed by atoms with Crippen molar-refractivity contribution in [1.29, 1.82) is 0 Å². The smallest absolute Gasteiger partial charge is 0.152 e. The van der Waals surface area contributed by atoms with E-state index in [1.165, 1.54) is 32.1 Å². The Morgan fingerprint density at radius 1 is 1.13 bits per heavy atom. The highest BCUT2D eigenvalue weighted by Gasteiger charge is 2.58. The molecule has 0 radical (unpaired) electrons. The highest BCUT2D eigenvalue weighted by Crippen LogP contribution is 2.58.